The molecular weight excluding hydrogens is 504 g/mol. The number of hydrogen-bond acceptors (Lipinski definition) is 4. The minimum atomic E-state index is 0.0961. The number of amides is 1. The minimum Gasteiger partial charge on any atom is -0.356 e. The van der Waals surface area contributed by atoms with Gasteiger partial charge in [0.2, 0.25) is 5.91 Å². The van der Waals surface area contributed by atoms with E-state index in [1.165, 1.54) is 44.9 Å². The molecule has 0 radical (unpaired) electrons. The van der Waals surface area contributed by atoms with Crippen LogP contribution >= 0.6 is 0 Å². The summed E-state index contributed by atoms with van der Waals surface area (Å²) in [6.45, 7) is 2.25. The van der Waals surface area contributed by atoms with E-state index in [2.05, 4.69) is 76.7 Å². The third kappa shape index (κ3) is 11.0. The number of hydrogen-bond donors (Lipinski definition) is 4. The molecule has 5 nitrogen and oxygen atoms in total. The maximum Gasteiger partial charge on any atom is 0.224 e. The van der Waals surface area contributed by atoms with Gasteiger partial charge in [-0.1, -0.05) is 76.5 Å². The molecule has 0 unspecified atom stereocenters. The second-order valence-corrected chi connectivity index (χ2v) is 10.6. The average molecular weight is 549 g/mol. The van der Waals surface area contributed by atoms with Crippen LogP contribution in [0, 0.1) is 0 Å². The molecule has 0 heterocycles. The second kappa shape index (κ2) is 16.8. The second-order valence-electron chi connectivity index (χ2n) is 10.6. The summed E-state index contributed by atoms with van der Waals surface area (Å²) in [5.74, 6) is 0.0961. The van der Waals surface area contributed by atoms with Gasteiger partial charge in [0.1, 0.15) is 0 Å². The molecule has 41 heavy (non-hydrogen) atoms. The number of rotatable bonds is 17. The largest absolute Gasteiger partial charge is 0.356 e. The van der Waals surface area contributed by atoms with Crippen molar-refractivity contribution in [3.05, 3.63) is 103 Å². The summed E-state index contributed by atoms with van der Waals surface area (Å²) in [5, 5.41) is 13.3. The van der Waals surface area contributed by atoms with E-state index in [1.54, 1.807) is 0 Å². The molecule has 0 saturated heterocycles. The zero-order valence-electron chi connectivity index (χ0n) is 24.3. The first kappa shape index (κ1) is 29.7. The maximum absolute atomic E-state index is 12.3. The van der Waals surface area contributed by atoms with Gasteiger partial charge in [-0.3, -0.25) is 4.79 Å². The Hall–Kier alpha value is -4.25. The predicted octanol–water partition coefficient (Wildman–Crippen LogP) is 10.8. The van der Waals surface area contributed by atoms with Crippen molar-refractivity contribution in [2.45, 2.75) is 71.1 Å². The summed E-state index contributed by atoms with van der Waals surface area (Å²) in [4.78, 5) is 12.3. The Labute approximate surface area is 245 Å². The molecule has 5 heteroatoms. The van der Waals surface area contributed by atoms with Crippen molar-refractivity contribution in [2.24, 2.45) is 0 Å². The molecule has 4 aromatic rings. The normalized spacial score (nSPS) is 10.7. The van der Waals surface area contributed by atoms with Crippen LogP contribution in [0.15, 0.2) is 103 Å². The third-order valence-electron chi connectivity index (χ3n) is 7.09. The standard InChI is InChI=1S/C36H44N4O/c1-2-3-4-5-6-7-8-9-13-16-36(41)40-35-27-25-34(26-28-35)39-33-23-21-32(22-24-33)38-31-19-17-30(18-20-31)37-29-14-11-10-12-15-29/h10-12,14-15,17-28,37-39H,2-9,13,16H2,1H3,(H,40,41). The molecule has 0 aliphatic rings. The molecule has 4 N–H and O–H groups in total. The van der Waals surface area contributed by atoms with E-state index in [0.29, 0.717) is 6.42 Å². The van der Waals surface area contributed by atoms with E-state index in [-0.39, 0.29) is 5.91 Å². The van der Waals surface area contributed by atoms with Gasteiger partial charge in [-0.15, -0.1) is 0 Å². The van der Waals surface area contributed by atoms with Crippen molar-refractivity contribution in [3.63, 3.8) is 0 Å². The summed E-state index contributed by atoms with van der Waals surface area (Å²) < 4.78 is 0. The van der Waals surface area contributed by atoms with Gasteiger partial charge in [-0.2, -0.15) is 0 Å². The van der Waals surface area contributed by atoms with E-state index in [9.17, 15) is 4.79 Å². The summed E-state index contributed by atoms with van der Waals surface area (Å²) in [6, 6.07) is 34.5. The van der Waals surface area contributed by atoms with Crippen LogP contribution in [0.5, 0.6) is 0 Å². The molecule has 214 valence electrons. The lowest BCUT2D eigenvalue weighted by Gasteiger charge is -2.11. The molecule has 0 aromatic heterocycles. The Morgan fingerprint density at radius 1 is 0.439 bits per heavy atom. The number of unbranched alkanes of at least 4 members (excludes halogenated alkanes) is 8. The number of para-hydroxylation sites is 1. The average Bonchev–Trinajstić information content (AvgIpc) is 3.00. The van der Waals surface area contributed by atoms with Crippen molar-refractivity contribution >= 4 is 45.7 Å². The van der Waals surface area contributed by atoms with Crippen LogP contribution in [0.2, 0.25) is 0 Å². The fourth-order valence-corrected chi connectivity index (χ4v) is 4.75. The molecule has 0 spiro atoms. The quantitative estimate of drug-likeness (QED) is 0.0991. The Morgan fingerprint density at radius 3 is 1.20 bits per heavy atom. The van der Waals surface area contributed by atoms with Crippen molar-refractivity contribution in [2.75, 3.05) is 21.3 Å². The van der Waals surface area contributed by atoms with E-state index < -0.39 is 0 Å². The van der Waals surface area contributed by atoms with Gasteiger partial charge in [-0.25, -0.2) is 0 Å². The van der Waals surface area contributed by atoms with Crippen molar-refractivity contribution in [3.8, 4) is 0 Å². The molecule has 0 bridgehead atoms. The fourth-order valence-electron chi connectivity index (χ4n) is 4.75. The van der Waals surface area contributed by atoms with Gasteiger partial charge in [0.05, 0.1) is 0 Å². The Morgan fingerprint density at radius 2 is 0.780 bits per heavy atom. The van der Waals surface area contributed by atoms with Gasteiger partial charge < -0.3 is 21.3 Å². The van der Waals surface area contributed by atoms with E-state index in [1.807, 2.05) is 54.6 Å². The molecule has 0 aliphatic heterocycles. The van der Waals surface area contributed by atoms with Crippen LogP contribution in [0.3, 0.4) is 0 Å². The maximum atomic E-state index is 12.3. The molecule has 0 saturated carbocycles. The molecule has 0 atom stereocenters. The molecule has 0 aliphatic carbocycles. The summed E-state index contributed by atoms with van der Waals surface area (Å²) in [6.07, 6.45) is 11.9. The first-order chi connectivity index (χ1) is 20.2. The first-order valence-corrected chi connectivity index (χ1v) is 15.1. The van der Waals surface area contributed by atoms with Gasteiger partial charge in [0.15, 0.2) is 0 Å². The van der Waals surface area contributed by atoms with E-state index in [0.717, 1.165) is 52.7 Å². The highest BCUT2D eigenvalue weighted by atomic mass is 16.1. The number of benzene rings is 4. The fraction of sp³-hybridized carbons (Fsp3) is 0.306. The molecule has 1 amide bonds. The first-order valence-electron chi connectivity index (χ1n) is 15.1. The number of carbonyl (C=O) groups excluding carboxylic acids is 1. The predicted molar refractivity (Wildman–Crippen MR) is 176 cm³/mol. The highest BCUT2D eigenvalue weighted by Gasteiger charge is 2.04. The highest BCUT2D eigenvalue weighted by molar-refractivity contribution is 5.90. The van der Waals surface area contributed by atoms with Gasteiger partial charge >= 0.3 is 0 Å². The van der Waals surface area contributed by atoms with E-state index >= 15 is 0 Å². The summed E-state index contributed by atoms with van der Waals surface area (Å²) in [7, 11) is 0. The Bertz CT molecular complexity index is 1290. The zero-order valence-corrected chi connectivity index (χ0v) is 24.3. The third-order valence-corrected chi connectivity index (χ3v) is 7.09. The van der Waals surface area contributed by atoms with Crippen LogP contribution in [-0.4, -0.2) is 5.91 Å². The highest BCUT2D eigenvalue weighted by Crippen LogP contribution is 2.24. The Kier molecular flexibility index (Phi) is 12.2. The minimum absolute atomic E-state index is 0.0961. The lowest BCUT2D eigenvalue weighted by Crippen LogP contribution is -2.10. The lowest BCUT2D eigenvalue weighted by atomic mass is 10.1. The number of carbonyl (C=O) groups is 1. The van der Waals surface area contributed by atoms with E-state index in [4.69, 9.17) is 0 Å². The summed E-state index contributed by atoms with van der Waals surface area (Å²) >= 11 is 0. The van der Waals surface area contributed by atoms with Crippen molar-refractivity contribution < 1.29 is 4.79 Å². The number of anilines is 7. The SMILES string of the molecule is CCCCCCCCCCCC(=O)Nc1ccc(Nc2ccc(Nc3ccc(Nc4ccccc4)cc3)cc2)cc1. The molecule has 4 rings (SSSR count). The van der Waals surface area contributed by atoms with Crippen LogP contribution in [-0.2, 0) is 4.79 Å². The van der Waals surface area contributed by atoms with Crippen LogP contribution in [0.1, 0.15) is 71.1 Å². The monoisotopic (exact) mass is 548 g/mol. The van der Waals surface area contributed by atoms with Crippen molar-refractivity contribution in [1.29, 1.82) is 0 Å². The van der Waals surface area contributed by atoms with Crippen LogP contribution in [0.25, 0.3) is 0 Å². The number of nitrogens with one attached hydrogen (secondary N) is 4. The Balaban J connectivity index is 1.15. The summed E-state index contributed by atoms with van der Waals surface area (Å²) in [5.41, 5.74) is 6.97. The van der Waals surface area contributed by atoms with Gasteiger partial charge in [-0.05, 0) is 91.3 Å². The van der Waals surface area contributed by atoms with Gasteiger partial charge in [0.25, 0.3) is 0 Å². The molecule has 4 aromatic carbocycles. The zero-order chi connectivity index (χ0) is 28.5. The van der Waals surface area contributed by atoms with Gasteiger partial charge in [0, 0.05) is 46.2 Å². The van der Waals surface area contributed by atoms with Crippen molar-refractivity contribution in [1.82, 2.24) is 0 Å². The van der Waals surface area contributed by atoms with Crippen LogP contribution < -0.4 is 21.3 Å². The smallest absolute Gasteiger partial charge is 0.224 e. The lowest BCUT2D eigenvalue weighted by molar-refractivity contribution is -0.116. The molecular formula is C36H44N4O. The van der Waals surface area contributed by atoms with Crippen LogP contribution in [0.4, 0.5) is 39.8 Å². The topological polar surface area (TPSA) is 65.2 Å². The molecule has 0 fully saturated rings.